The van der Waals surface area contributed by atoms with Gasteiger partial charge in [0.2, 0.25) is 0 Å². The zero-order valence-electron chi connectivity index (χ0n) is 11.1. The van der Waals surface area contributed by atoms with Crippen molar-refractivity contribution in [2.45, 2.75) is 57.5 Å². The molecule has 0 aromatic rings. The van der Waals surface area contributed by atoms with Gasteiger partial charge in [-0.3, -0.25) is 0 Å². The average Bonchev–Trinajstić information content (AvgIpc) is 2.39. The molecular weight excluding hydrogens is 232 g/mol. The quantitative estimate of drug-likeness (QED) is 0.320. The number of esters is 1. The van der Waals surface area contributed by atoms with Crippen molar-refractivity contribution in [3.05, 3.63) is 12.7 Å². The molecule has 0 aromatic heterocycles. The van der Waals surface area contributed by atoms with Crippen LogP contribution in [0.1, 0.15) is 51.4 Å². The molecule has 0 saturated heterocycles. The predicted molar refractivity (Wildman–Crippen MR) is 71.2 cm³/mol. The SMILES string of the molecule is C=CCCCCCCCCCOC(=O)C(O)CO. The summed E-state index contributed by atoms with van der Waals surface area (Å²) in [6, 6.07) is 0. The largest absolute Gasteiger partial charge is 0.464 e. The lowest BCUT2D eigenvalue weighted by Gasteiger charge is -2.07. The lowest BCUT2D eigenvalue weighted by molar-refractivity contribution is -0.155. The summed E-state index contributed by atoms with van der Waals surface area (Å²) in [6.07, 6.45) is 9.59. The number of carbonyl (C=O) groups is 1. The number of unbranched alkanes of at least 4 members (excludes halogenated alkanes) is 7. The molecule has 0 bridgehead atoms. The minimum atomic E-state index is -1.39. The zero-order chi connectivity index (χ0) is 13.6. The number of rotatable bonds is 12. The minimum absolute atomic E-state index is 0.326. The van der Waals surface area contributed by atoms with E-state index in [0.29, 0.717) is 6.61 Å². The minimum Gasteiger partial charge on any atom is -0.464 e. The first-order valence-electron chi connectivity index (χ1n) is 6.78. The second kappa shape index (κ2) is 12.6. The van der Waals surface area contributed by atoms with E-state index in [1.807, 2.05) is 6.08 Å². The number of allylic oxidation sites excluding steroid dienone is 1. The number of hydrogen-bond donors (Lipinski definition) is 2. The van der Waals surface area contributed by atoms with Crippen molar-refractivity contribution in [3.8, 4) is 0 Å². The Balaban J connectivity index is 3.16. The van der Waals surface area contributed by atoms with Crippen molar-refractivity contribution >= 4 is 5.97 Å². The van der Waals surface area contributed by atoms with Crippen molar-refractivity contribution in [1.29, 1.82) is 0 Å². The molecule has 0 aliphatic rings. The van der Waals surface area contributed by atoms with E-state index in [9.17, 15) is 4.79 Å². The van der Waals surface area contributed by atoms with E-state index in [1.54, 1.807) is 0 Å². The second-order valence-corrected chi connectivity index (χ2v) is 4.42. The van der Waals surface area contributed by atoms with Crippen molar-refractivity contribution in [2.75, 3.05) is 13.2 Å². The molecule has 2 N–H and O–H groups in total. The van der Waals surface area contributed by atoms with Gasteiger partial charge in [0, 0.05) is 0 Å². The van der Waals surface area contributed by atoms with Gasteiger partial charge in [-0.15, -0.1) is 6.58 Å². The Kier molecular flexibility index (Phi) is 12.0. The molecule has 1 unspecified atom stereocenters. The summed E-state index contributed by atoms with van der Waals surface area (Å²) in [5, 5.41) is 17.4. The Morgan fingerprint density at radius 2 is 1.67 bits per heavy atom. The van der Waals surface area contributed by atoms with E-state index in [0.717, 1.165) is 25.7 Å². The molecular formula is C14H26O4. The molecule has 0 aliphatic heterocycles. The van der Waals surface area contributed by atoms with Gasteiger partial charge in [0.25, 0.3) is 0 Å². The number of hydrogen-bond acceptors (Lipinski definition) is 4. The normalized spacial score (nSPS) is 12.1. The van der Waals surface area contributed by atoms with E-state index >= 15 is 0 Å². The molecule has 0 radical (unpaired) electrons. The first-order valence-corrected chi connectivity index (χ1v) is 6.78. The smallest absolute Gasteiger partial charge is 0.337 e. The van der Waals surface area contributed by atoms with Crippen LogP contribution in [0.25, 0.3) is 0 Å². The van der Waals surface area contributed by atoms with E-state index in [1.165, 1.54) is 25.7 Å². The van der Waals surface area contributed by atoms with Gasteiger partial charge >= 0.3 is 5.97 Å². The highest BCUT2D eigenvalue weighted by atomic mass is 16.5. The van der Waals surface area contributed by atoms with Gasteiger partial charge < -0.3 is 14.9 Å². The number of ether oxygens (including phenoxy) is 1. The summed E-state index contributed by atoms with van der Waals surface area (Å²) in [5.41, 5.74) is 0. The van der Waals surface area contributed by atoms with Crippen LogP contribution >= 0.6 is 0 Å². The first kappa shape index (κ1) is 17.1. The lowest BCUT2D eigenvalue weighted by atomic mass is 10.1. The van der Waals surface area contributed by atoms with Gasteiger partial charge in [0.05, 0.1) is 13.2 Å². The van der Waals surface area contributed by atoms with Crippen LogP contribution in [0.4, 0.5) is 0 Å². The highest BCUT2D eigenvalue weighted by Crippen LogP contribution is 2.08. The maximum absolute atomic E-state index is 11.0. The summed E-state index contributed by atoms with van der Waals surface area (Å²) < 4.78 is 4.79. The predicted octanol–water partition coefficient (Wildman–Crippen LogP) is 2.19. The third kappa shape index (κ3) is 10.3. The summed E-state index contributed by atoms with van der Waals surface area (Å²) >= 11 is 0. The van der Waals surface area contributed by atoms with Gasteiger partial charge in [-0.2, -0.15) is 0 Å². The molecule has 18 heavy (non-hydrogen) atoms. The first-order chi connectivity index (χ1) is 8.72. The van der Waals surface area contributed by atoms with E-state index in [-0.39, 0.29) is 0 Å². The highest BCUT2D eigenvalue weighted by Gasteiger charge is 2.14. The van der Waals surface area contributed by atoms with Crippen LogP contribution < -0.4 is 0 Å². The molecule has 0 saturated carbocycles. The van der Waals surface area contributed by atoms with Gasteiger partial charge in [0.1, 0.15) is 0 Å². The molecule has 0 aliphatic carbocycles. The topological polar surface area (TPSA) is 66.8 Å². The summed E-state index contributed by atoms with van der Waals surface area (Å²) in [7, 11) is 0. The Labute approximate surface area is 110 Å². The molecule has 106 valence electrons. The van der Waals surface area contributed by atoms with Gasteiger partial charge in [-0.05, 0) is 19.3 Å². The lowest BCUT2D eigenvalue weighted by Crippen LogP contribution is -2.26. The fraction of sp³-hybridized carbons (Fsp3) is 0.786. The molecule has 4 heteroatoms. The Morgan fingerprint density at radius 3 is 2.22 bits per heavy atom. The fourth-order valence-corrected chi connectivity index (χ4v) is 1.62. The van der Waals surface area contributed by atoms with E-state index in [4.69, 9.17) is 14.9 Å². The zero-order valence-corrected chi connectivity index (χ0v) is 11.1. The molecule has 0 rings (SSSR count). The van der Waals surface area contributed by atoms with Crippen LogP contribution in [0.15, 0.2) is 12.7 Å². The standard InChI is InChI=1S/C14H26O4/c1-2-3-4-5-6-7-8-9-10-11-18-14(17)13(16)12-15/h2,13,15-16H,1,3-12H2. The monoisotopic (exact) mass is 258 g/mol. The fourth-order valence-electron chi connectivity index (χ4n) is 1.62. The second-order valence-electron chi connectivity index (χ2n) is 4.42. The van der Waals surface area contributed by atoms with Crippen molar-refractivity contribution in [2.24, 2.45) is 0 Å². The molecule has 0 aromatic carbocycles. The maximum Gasteiger partial charge on any atom is 0.337 e. The summed E-state index contributed by atoms with van der Waals surface area (Å²) in [6.45, 7) is 3.43. The maximum atomic E-state index is 11.0. The van der Waals surface area contributed by atoms with Crippen LogP contribution in [0.5, 0.6) is 0 Å². The van der Waals surface area contributed by atoms with Gasteiger partial charge in [-0.1, -0.05) is 38.2 Å². The highest BCUT2D eigenvalue weighted by molar-refractivity contribution is 5.74. The molecule has 0 fully saturated rings. The van der Waals surface area contributed by atoms with Crippen LogP contribution in [0.3, 0.4) is 0 Å². The summed E-state index contributed by atoms with van der Waals surface area (Å²) in [5.74, 6) is -0.734. The molecule has 0 amide bonds. The van der Waals surface area contributed by atoms with Crippen molar-refractivity contribution in [1.82, 2.24) is 0 Å². The van der Waals surface area contributed by atoms with E-state index in [2.05, 4.69) is 6.58 Å². The molecule has 4 nitrogen and oxygen atoms in total. The van der Waals surface area contributed by atoms with Crippen LogP contribution in [0, 0.1) is 0 Å². The Bertz CT molecular complexity index is 216. The van der Waals surface area contributed by atoms with Crippen LogP contribution in [-0.4, -0.2) is 35.5 Å². The average molecular weight is 258 g/mol. The number of aliphatic hydroxyl groups excluding tert-OH is 2. The van der Waals surface area contributed by atoms with Crippen molar-refractivity contribution in [3.63, 3.8) is 0 Å². The molecule has 0 heterocycles. The number of aliphatic hydroxyl groups is 2. The number of carbonyl (C=O) groups excluding carboxylic acids is 1. The molecule has 1 atom stereocenters. The van der Waals surface area contributed by atoms with Gasteiger partial charge in [-0.25, -0.2) is 4.79 Å². The Morgan fingerprint density at radius 1 is 1.11 bits per heavy atom. The van der Waals surface area contributed by atoms with E-state index < -0.39 is 18.7 Å². The third-order valence-corrected chi connectivity index (χ3v) is 2.74. The van der Waals surface area contributed by atoms with Crippen LogP contribution in [0.2, 0.25) is 0 Å². The summed E-state index contributed by atoms with van der Waals surface area (Å²) in [4.78, 5) is 11.0. The van der Waals surface area contributed by atoms with Crippen LogP contribution in [-0.2, 0) is 9.53 Å². The van der Waals surface area contributed by atoms with Gasteiger partial charge in [0.15, 0.2) is 6.10 Å². The Hall–Kier alpha value is -0.870. The molecule has 0 spiro atoms. The third-order valence-electron chi connectivity index (χ3n) is 2.74. The van der Waals surface area contributed by atoms with Crippen molar-refractivity contribution < 1.29 is 19.7 Å².